The van der Waals surface area contributed by atoms with E-state index in [1.807, 2.05) is 41.8 Å². The summed E-state index contributed by atoms with van der Waals surface area (Å²) in [7, 11) is 0. The second kappa shape index (κ2) is 12.9. The number of benzene rings is 3. The molecular weight excluding hydrogens is 596 g/mol. The van der Waals surface area contributed by atoms with Gasteiger partial charge in [0.15, 0.2) is 5.60 Å². The predicted molar refractivity (Wildman–Crippen MR) is 156 cm³/mol. The maximum Gasteiger partial charge on any atom is 0.416 e. The third kappa shape index (κ3) is 7.83. The highest BCUT2D eigenvalue weighted by Crippen LogP contribution is 2.39. The summed E-state index contributed by atoms with van der Waals surface area (Å²) in [5.74, 6) is -0.970. The molecule has 0 aliphatic rings. The van der Waals surface area contributed by atoms with Crippen LogP contribution in [0.25, 0.3) is 11.1 Å². The molecular formula is C31H27Cl2F3O4S. The van der Waals surface area contributed by atoms with E-state index in [0.29, 0.717) is 25.0 Å². The lowest BCUT2D eigenvalue weighted by Crippen LogP contribution is -2.38. The first kappa shape index (κ1) is 30.9. The molecule has 0 saturated carbocycles. The van der Waals surface area contributed by atoms with Gasteiger partial charge in [0.05, 0.1) is 23.3 Å². The molecule has 1 unspecified atom stereocenters. The lowest BCUT2D eigenvalue weighted by Gasteiger charge is -2.23. The van der Waals surface area contributed by atoms with Gasteiger partial charge in [-0.15, -0.1) is 11.3 Å². The standard InChI is InChI=1S/C31H27Cl2F3O4S/c1-30(2,29(37)38)40-25-15-11-21(27(32)28(25)33)10-14-24(39-17-19-6-4-3-5-7-19)26-16-22(18-41-26)20-8-12-23(13-9-20)31(34,35)36/h3-9,11-13,15-16,18,24H,10,14,17H2,1-2H3,(H,37,38). The second-order valence-electron chi connectivity index (χ2n) is 9.91. The Morgan fingerprint density at radius 2 is 1.63 bits per heavy atom. The number of rotatable bonds is 11. The van der Waals surface area contributed by atoms with Crippen LogP contribution in [-0.4, -0.2) is 16.7 Å². The van der Waals surface area contributed by atoms with E-state index in [4.69, 9.17) is 32.7 Å². The fourth-order valence-corrected chi connectivity index (χ4v) is 5.53. The van der Waals surface area contributed by atoms with Crippen LogP contribution in [0.15, 0.2) is 78.2 Å². The zero-order valence-corrected chi connectivity index (χ0v) is 24.5. The maximum atomic E-state index is 13.0. The number of thiophene rings is 1. The van der Waals surface area contributed by atoms with E-state index in [9.17, 15) is 23.1 Å². The molecule has 41 heavy (non-hydrogen) atoms. The molecule has 0 saturated heterocycles. The van der Waals surface area contributed by atoms with Gasteiger partial charge in [-0.25, -0.2) is 4.79 Å². The third-order valence-electron chi connectivity index (χ3n) is 6.46. The van der Waals surface area contributed by atoms with Gasteiger partial charge in [0.2, 0.25) is 0 Å². The summed E-state index contributed by atoms with van der Waals surface area (Å²) < 4.78 is 50.9. The number of ether oxygens (including phenoxy) is 2. The van der Waals surface area contributed by atoms with Crippen LogP contribution in [0, 0.1) is 0 Å². The SMILES string of the molecule is CC(C)(Oc1ccc(CCC(OCc2ccccc2)c2cc(-c3ccc(C(F)(F)F)cc3)cs2)c(Cl)c1Cl)C(=O)O. The summed E-state index contributed by atoms with van der Waals surface area (Å²) in [6.45, 7) is 3.20. The fourth-order valence-electron chi connectivity index (χ4n) is 4.05. The van der Waals surface area contributed by atoms with Gasteiger partial charge in [-0.2, -0.15) is 13.2 Å². The van der Waals surface area contributed by atoms with E-state index in [1.165, 1.54) is 37.3 Å². The van der Waals surface area contributed by atoms with Crippen LogP contribution >= 0.6 is 34.5 Å². The van der Waals surface area contributed by atoms with Crippen molar-refractivity contribution in [1.29, 1.82) is 0 Å². The molecule has 1 heterocycles. The van der Waals surface area contributed by atoms with Crippen molar-refractivity contribution in [2.45, 2.75) is 51.2 Å². The van der Waals surface area contributed by atoms with Crippen molar-refractivity contribution in [3.63, 3.8) is 0 Å². The summed E-state index contributed by atoms with van der Waals surface area (Å²) in [4.78, 5) is 12.4. The quantitative estimate of drug-likeness (QED) is 0.181. The lowest BCUT2D eigenvalue weighted by atomic mass is 10.0. The Labute approximate surface area is 250 Å². The van der Waals surface area contributed by atoms with E-state index in [2.05, 4.69) is 0 Å². The van der Waals surface area contributed by atoms with Crippen molar-refractivity contribution in [3.05, 3.63) is 110 Å². The van der Waals surface area contributed by atoms with E-state index in [-0.39, 0.29) is 21.9 Å². The molecule has 0 fully saturated rings. The van der Waals surface area contributed by atoms with Crippen LogP contribution < -0.4 is 4.74 Å². The summed E-state index contributed by atoms with van der Waals surface area (Å²) >= 11 is 14.5. The molecule has 4 aromatic rings. The van der Waals surface area contributed by atoms with Crippen molar-refractivity contribution >= 4 is 40.5 Å². The summed E-state index contributed by atoms with van der Waals surface area (Å²) in [5, 5.41) is 11.7. The molecule has 216 valence electrons. The molecule has 0 aliphatic heterocycles. The number of aliphatic carboxylic acids is 1. The number of carboxylic acid groups (broad SMARTS) is 1. The first-order chi connectivity index (χ1) is 19.3. The molecule has 4 rings (SSSR count). The molecule has 0 radical (unpaired) electrons. The Kier molecular flexibility index (Phi) is 9.70. The van der Waals surface area contributed by atoms with Crippen molar-refractivity contribution < 1.29 is 32.5 Å². The number of aryl methyl sites for hydroxylation is 1. The summed E-state index contributed by atoms with van der Waals surface area (Å²) in [6.07, 6.45) is -3.69. The molecule has 10 heteroatoms. The monoisotopic (exact) mass is 622 g/mol. The first-order valence-electron chi connectivity index (χ1n) is 12.7. The molecule has 1 atom stereocenters. The topological polar surface area (TPSA) is 55.8 Å². The van der Waals surface area contributed by atoms with E-state index < -0.39 is 23.3 Å². The van der Waals surface area contributed by atoms with Gasteiger partial charge in [0, 0.05) is 4.88 Å². The Hall–Kier alpha value is -3.04. The Bertz CT molecular complexity index is 1490. The number of alkyl halides is 3. The van der Waals surface area contributed by atoms with Gasteiger partial charge in [-0.05, 0) is 78.6 Å². The van der Waals surface area contributed by atoms with Crippen LogP contribution in [0.2, 0.25) is 10.0 Å². The smallest absolute Gasteiger partial charge is 0.416 e. The van der Waals surface area contributed by atoms with Crippen LogP contribution in [0.1, 0.15) is 47.9 Å². The van der Waals surface area contributed by atoms with Crippen molar-refractivity contribution in [1.82, 2.24) is 0 Å². The second-order valence-corrected chi connectivity index (χ2v) is 11.6. The molecule has 3 aromatic carbocycles. The fraction of sp³-hybridized carbons (Fsp3) is 0.258. The zero-order valence-electron chi connectivity index (χ0n) is 22.2. The molecule has 1 N–H and O–H groups in total. The number of hydrogen-bond donors (Lipinski definition) is 1. The third-order valence-corrected chi connectivity index (χ3v) is 8.39. The van der Waals surface area contributed by atoms with Gasteiger partial charge in [-0.1, -0.05) is 71.7 Å². The van der Waals surface area contributed by atoms with E-state index in [1.54, 1.807) is 12.1 Å². The minimum absolute atomic E-state index is 0.126. The number of carbonyl (C=O) groups is 1. The average Bonchev–Trinajstić information content (AvgIpc) is 3.42. The molecule has 0 amide bonds. The zero-order chi connectivity index (χ0) is 29.8. The molecule has 0 bridgehead atoms. The molecule has 0 aliphatic carbocycles. The largest absolute Gasteiger partial charge is 0.478 e. The number of hydrogen-bond acceptors (Lipinski definition) is 4. The number of carboxylic acids is 1. The van der Waals surface area contributed by atoms with Gasteiger partial charge in [-0.3, -0.25) is 0 Å². The minimum atomic E-state index is -4.39. The lowest BCUT2D eigenvalue weighted by molar-refractivity contribution is -0.152. The summed E-state index contributed by atoms with van der Waals surface area (Å²) in [5.41, 5.74) is 1.03. The Morgan fingerprint density at radius 1 is 0.951 bits per heavy atom. The average molecular weight is 624 g/mol. The van der Waals surface area contributed by atoms with Gasteiger partial charge in [0.1, 0.15) is 10.8 Å². The number of halogens is 5. The Balaban J connectivity index is 1.54. The van der Waals surface area contributed by atoms with Crippen LogP contribution in [-0.2, 0) is 28.7 Å². The highest BCUT2D eigenvalue weighted by Gasteiger charge is 2.31. The molecule has 0 spiro atoms. The maximum absolute atomic E-state index is 13.0. The summed E-state index contributed by atoms with van der Waals surface area (Å²) in [6, 6.07) is 20.1. The van der Waals surface area contributed by atoms with E-state index in [0.717, 1.165) is 33.7 Å². The first-order valence-corrected chi connectivity index (χ1v) is 14.3. The van der Waals surface area contributed by atoms with Crippen molar-refractivity contribution in [2.24, 2.45) is 0 Å². The van der Waals surface area contributed by atoms with Gasteiger partial charge < -0.3 is 14.6 Å². The molecule has 1 aromatic heterocycles. The minimum Gasteiger partial charge on any atom is -0.478 e. The van der Waals surface area contributed by atoms with Crippen LogP contribution in [0.4, 0.5) is 13.2 Å². The predicted octanol–water partition coefficient (Wildman–Crippen LogP) is 9.87. The highest BCUT2D eigenvalue weighted by molar-refractivity contribution is 7.10. The van der Waals surface area contributed by atoms with Gasteiger partial charge >= 0.3 is 12.1 Å². The van der Waals surface area contributed by atoms with Gasteiger partial charge in [0.25, 0.3) is 0 Å². The molecule has 4 nitrogen and oxygen atoms in total. The Morgan fingerprint density at radius 3 is 2.27 bits per heavy atom. The van der Waals surface area contributed by atoms with Crippen LogP contribution in [0.3, 0.4) is 0 Å². The normalized spacial score (nSPS) is 12.8. The van der Waals surface area contributed by atoms with E-state index >= 15 is 0 Å². The van der Waals surface area contributed by atoms with Crippen LogP contribution in [0.5, 0.6) is 5.75 Å². The highest BCUT2D eigenvalue weighted by atomic mass is 35.5. The van der Waals surface area contributed by atoms with Crippen molar-refractivity contribution in [3.8, 4) is 16.9 Å². The van der Waals surface area contributed by atoms with Crippen molar-refractivity contribution in [2.75, 3.05) is 0 Å².